The lowest BCUT2D eigenvalue weighted by atomic mass is 10.1. The van der Waals surface area contributed by atoms with Gasteiger partial charge in [-0.3, -0.25) is 0 Å². The molecule has 106 valence electrons. The maximum absolute atomic E-state index is 3.65. The third kappa shape index (κ3) is 5.75. The van der Waals surface area contributed by atoms with Crippen LogP contribution in [0.3, 0.4) is 0 Å². The van der Waals surface area contributed by atoms with E-state index in [2.05, 4.69) is 47.5 Å². The molecule has 2 heteroatoms. The number of benzene rings is 1. The molecule has 0 radical (unpaired) electrons. The van der Waals surface area contributed by atoms with Crippen molar-refractivity contribution in [2.24, 2.45) is 0 Å². The van der Waals surface area contributed by atoms with Gasteiger partial charge < -0.3 is 10.2 Å². The van der Waals surface area contributed by atoms with Crippen LogP contribution in [0.4, 0.5) is 0 Å². The summed E-state index contributed by atoms with van der Waals surface area (Å²) in [7, 11) is 0. The minimum atomic E-state index is 0.634. The molecule has 1 aliphatic rings. The van der Waals surface area contributed by atoms with E-state index in [9.17, 15) is 0 Å². The van der Waals surface area contributed by atoms with E-state index in [4.69, 9.17) is 0 Å². The van der Waals surface area contributed by atoms with Gasteiger partial charge in [0.15, 0.2) is 0 Å². The van der Waals surface area contributed by atoms with Crippen LogP contribution in [0.1, 0.15) is 38.2 Å². The number of unbranched alkanes of at least 4 members (excludes halogenated alkanes) is 1. The Bertz CT molecular complexity index is 330. The van der Waals surface area contributed by atoms with Crippen molar-refractivity contribution < 1.29 is 0 Å². The second-order valence-corrected chi connectivity index (χ2v) is 5.81. The first-order valence-corrected chi connectivity index (χ1v) is 7.84. The highest BCUT2D eigenvalue weighted by Gasteiger charge is 2.13. The SMILES string of the molecule is CC(CN1CCCC1)NCCCCc1ccccc1. The molecule has 0 aliphatic carbocycles. The monoisotopic (exact) mass is 260 g/mol. The average Bonchev–Trinajstić information content (AvgIpc) is 2.92. The fourth-order valence-electron chi connectivity index (χ4n) is 2.86. The quantitative estimate of drug-likeness (QED) is 0.723. The Morgan fingerprint density at radius 3 is 2.58 bits per heavy atom. The van der Waals surface area contributed by atoms with E-state index < -0.39 is 0 Å². The minimum absolute atomic E-state index is 0.634. The van der Waals surface area contributed by atoms with E-state index in [1.165, 1.54) is 57.3 Å². The molecule has 1 atom stereocenters. The number of hydrogen-bond acceptors (Lipinski definition) is 2. The Kier molecular flexibility index (Phi) is 6.38. The second-order valence-electron chi connectivity index (χ2n) is 5.81. The summed E-state index contributed by atoms with van der Waals surface area (Å²) in [4.78, 5) is 2.58. The van der Waals surface area contributed by atoms with Crippen LogP contribution in [0, 0.1) is 0 Å². The van der Waals surface area contributed by atoms with Crippen molar-refractivity contribution in [3.05, 3.63) is 35.9 Å². The third-order valence-electron chi connectivity index (χ3n) is 3.96. The van der Waals surface area contributed by atoms with E-state index in [1.807, 2.05) is 0 Å². The van der Waals surface area contributed by atoms with Gasteiger partial charge in [0, 0.05) is 12.6 Å². The van der Waals surface area contributed by atoms with E-state index >= 15 is 0 Å². The normalized spacial score (nSPS) is 17.7. The lowest BCUT2D eigenvalue weighted by Crippen LogP contribution is -2.38. The molecule has 0 amide bonds. The van der Waals surface area contributed by atoms with Crippen molar-refractivity contribution in [2.45, 2.75) is 45.1 Å². The summed E-state index contributed by atoms with van der Waals surface area (Å²) < 4.78 is 0. The summed E-state index contributed by atoms with van der Waals surface area (Å²) in [6.45, 7) is 7.30. The molecule has 0 bridgehead atoms. The van der Waals surface area contributed by atoms with Gasteiger partial charge in [-0.05, 0) is 64.2 Å². The summed E-state index contributed by atoms with van der Waals surface area (Å²) in [6, 6.07) is 11.4. The van der Waals surface area contributed by atoms with Gasteiger partial charge in [0.2, 0.25) is 0 Å². The highest BCUT2D eigenvalue weighted by Crippen LogP contribution is 2.08. The van der Waals surface area contributed by atoms with Crippen LogP contribution in [0.25, 0.3) is 0 Å². The maximum Gasteiger partial charge on any atom is 0.0166 e. The maximum atomic E-state index is 3.65. The molecule has 1 unspecified atom stereocenters. The van der Waals surface area contributed by atoms with Crippen molar-refractivity contribution in [1.29, 1.82) is 0 Å². The number of rotatable bonds is 8. The van der Waals surface area contributed by atoms with Crippen LogP contribution in [0.2, 0.25) is 0 Å². The molecule has 1 N–H and O–H groups in total. The predicted octanol–water partition coefficient (Wildman–Crippen LogP) is 3.08. The fraction of sp³-hybridized carbons (Fsp3) is 0.647. The van der Waals surface area contributed by atoms with Gasteiger partial charge in [-0.25, -0.2) is 0 Å². The first-order chi connectivity index (χ1) is 9.34. The van der Waals surface area contributed by atoms with Gasteiger partial charge in [-0.15, -0.1) is 0 Å². The molecule has 1 aromatic rings. The van der Waals surface area contributed by atoms with Gasteiger partial charge >= 0.3 is 0 Å². The Hall–Kier alpha value is -0.860. The highest BCUT2D eigenvalue weighted by atomic mass is 15.2. The Morgan fingerprint density at radius 1 is 1.11 bits per heavy atom. The van der Waals surface area contributed by atoms with Crippen molar-refractivity contribution in [2.75, 3.05) is 26.2 Å². The van der Waals surface area contributed by atoms with Crippen LogP contribution in [0.5, 0.6) is 0 Å². The topological polar surface area (TPSA) is 15.3 Å². The largest absolute Gasteiger partial charge is 0.313 e. The van der Waals surface area contributed by atoms with Gasteiger partial charge in [0.05, 0.1) is 0 Å². The van der Waals surface area contributed by atoms with E-state index in [0.29, 0.717) is 6.04 Å². The van der Waals surface area contributed by atoms with Crippen molar-refractivity contribution in [3.63, 3.8) is 0 Å². The zero-order valence-electron chi connectivity index (χ0n) is 12.3. The molecule has 2 rings (SSSR count). The highest BCUT2D eigenvalue weighted by molar-refractivity contribution is 5.14. The van der Waals surface area contributed by atoms with E-state index in [-0.39, 0.29) is 0 Å². The number of aryl methyl sites for hydroxylation is 1. The third-order valence-corrected chi connectivity index (χ3v) is 3.96. The number of likely N-dealkylation sites (tertiary alicyclic amines) is 1. The summed E-state index contributed by atoms with van der Waals surface area (Å²) in [5.41, 5.74) is 1.47. The second kappa shape index (κ2) is 8.34. The number of hydrogen-bond donors (Lipinski definition) is 1. The van der Waals surface area contributed by atoms with Crippen molar-refractivity contribution >= 4 is 0 Å². The van der Waals surface area contributed by atoms with Gasteiger partial charge in [-0.2, -0.15) is 0 Å². The molecule has 0 spiro atoms. The fourth-order valence-corrected chi connectivity index (χ4v) is 2.86. The zero-order valence-corrected chi connectivity index (χ0v) is 12.3. The zero-order chi connectivity index (χ0) is 13.3. The van der Waals surface area contributed by atoms with E-state index in [1.54, 1.807) is 0 Å². The lowest BCUT2D eigenvalue weighted by Gasteiger charge is -2.21. The van der Waals surface area contributed by atoms with Gasteiger partial charge in [0.25, 0.3) is 0 Å². The van der Waals surface area contributed by atoms with Crippen LogP contribution < -0.4 is 5.32 Å². The minimum Gasteiger partial charge on any atom is -0.313 e. The molecule has 1 fully saturated rings. The molecular weight excluding hydrogens is 232 g/mol. The summed E-state index contributed by atoms with van der Waals surface area (Å²) in [5.74, 6) is 0. The van der Waals surface area contributed by atoms with E-state index in [0.717, 1.165) is 6.54 Å². The molecule has 1 aromatic carbocycles. The first-order valence-electron chi connectivity index (χ1n) is 7.84. The predicted molar refractivity (Wildman–Crippen MR) is 82.5 cm³/mol. The molecule has 1 saturated heterocycles. The lowest BCUT2D eigenvalue weighted by molar-refractivity contribution is 0.298. The molecule has 0 saturated carbocycles. The van der Waals surface area contributed by atoms with Gasteiger partial charge in [0.1, 0.15) is 0 Å². The molecule has 0 aromatic heterocycles. The molecule has 1 aliphatic heterocycles. The molecule has 2 nitrogen and oxygen atoms in total. The molecule has 1 heterocycles. The summed E-state index contributed by atoms with van der Waals surface area (Å²) >= 11 is 0. The number of nitrogens with one attached hydrogen (secondary N) is 1. The number of nitrogens with zero attached hydrogens (tertiary/aromatic N) is 1. The standard InChI is InChI=1S/C17H28N2/c1-16(15-19-13-7-8-14-19)18-12-6-5-11-17-9-3-2-4-10-17/h2-4,9-10,16,18H,5-8,11-15H2,1H3. The van der Waals surface area contributed by atoms with Crippen LogP contribution >= 0.6 is 0 Å². The smallest absolute Gasteiger partial charge is 0.0166 e. The Balaban J connectivity index is 1.49. The molecule has 19 heavy (non-hydrogen) atoms. The Morgan fingerprint density at radius 2 is 1.84 bits per heavy atom. The Labute approximate surface area is 118 Å². The average molecular weight is 260 g/mol. The van der Waals surface area contributed by atoms with Crippen LogP contribution in [0.15, 0.2) is 30.3 Å². The first kappa shape index (κ1) is 14.5. The summed E-state index contributed by atoms with van der Waals surface area (Å²) in [6.07, 6.45) is 6.56. The van der Waals surface area contributed by atoms with Crippen LogP contribution in [-0.2, 0) is 6.42 Å². The van der Waals surface area contributed by atoms with Gasteiger partial charge in [-0.1, -0.05) is 30.3 Å². The summed E-state index contributed by atoms with van der Waals surface area (Å²) in [5, 5.41) is 3.65. The van der Waals surface area contributed by atoms with Crippen LogP contribution in [-0.4, -0.2) is 37.1 Å². The van der Waals surface area contributed by atoms with Crippen molar-refractivity contribution in [1.82, 2.24) is 10.2 Å². The molecular formula is C17H28N2. The van der Waals surface area contributed by atoms with Crippen molar-refractivity contribution in [3.8, 4) is 0 Å².